The van der Waals surface area contributed by atoms with E-state index in [1.165, 1.54) is 19.1 Å². The van der Waals surface area contributed by atoms with Crippen LogP contribution in [0.3, 0.4) is 0 Å². The molecule has 0 radical (unpaired) electrons. The Balaban J connectivity index is 0.000000502. The van der Waals surface area contributed by atoms with Crippen molar-refractivity contribution in [2.45, 2.75) is 96.9 Å². The Hall–Kier alpha value is -4.01. The maximum atomic E-state index is 15.2. The van der Waals surface area contributed by atoms with E-state index in [1.807, 2.05) is 20.9 Å². The summed E-state index contributed by atoms with van der Waals surface area (Å²) in [6.07, 6.45) is 0.669. The van der Waals surface area contributed by atoms with Gasteiger partial charge in [-0.25, -0.2) is 4.39 Å². The lowest BCUT2D eigenvalue weighted by Gasteiger charge is -2.40. The number of hydrogen-bond acceptors (Lipinski definition) is 6. The van der Waals surface area contributed by atoms with Crippen molar-refractivity contribution in [3.05, 3.63) is 47.5 Å². The zero-order chi connectivity index (χ0) is 37.6. The number of amides is 4. The van der Waals surface area contributed by atoms with E-state index in [-0.39, 0.29) is 17.6 Å². The maximum Gasteiger partial charge on any atom is 0.389 e. The van der Waals surface area contributed by atoms with Gasteiger partial charge in [-0.05, 0) is 88.1 Å². The molecule has 3 aliphatic rings. The number of likely N-dealkylation sites (N-methyl/N-ethyl adjacent to an activating group) is 1. The number of nitrogens with zero attached hydrogens (tertiary/aromatic N) is 4. The molecule has 2 heterocycles. The Bertz CT molecular complexity index is 1530. The lowest BCUT2D eigenvalue weighted by Crippen LogP contribution is -2.58. The molecular formula is C36H51F4N7O4. The van der Waals surface area contributed by atoms with Crippen molar-refractivity contribution in [3.8, 4) is 0 Å². The van der Waals surface area contributed by atoms with E-state index in [0.717, 1.165) is 25.7 Å². The summed E-state index contributed by atoms with van der Waals surface area (Å²) >= 11 is 0. The summed E-state index contributed by atoms with van der Waals surface area (Å²) in [6, 6.07) is 4.72. The van der Waals surface area contributed by atoms with Crippen molar-refractivity contribution in [1.29, 1.82) is 0 Å². The first-order valence-electron chi connectivity index (χ1n) is 17.8. The molecule has 1 aliphatic heterocycles. The summed E-state index contributed by atoms with van der Waals surface area (Å²) in [5, 5.41) is 9.10. The van der Waals surface area contributed by atoms with Gasteiger partial charge in [-0.2, -0.15) is 18.3 Å². The molecule has 4 N–H and O–H groups in total. The fraction of sp³-hybridized carbons (Fsp3) is 0.639. The number of nitrogens with two attached hydrogens (primary N) is 1. The molecular weight excluding hydrogens is 670 g/mol. The fourth-order valence-electron chi connectivity index (χ4n) is 6.67. The SMILES string of the molecule is CC(CC(F)(F)F)C(=O)NC(C(=O)N1CCN(C)C(C)C1)C(C)c1ccc(NC(=O)CC(C2CC2)C2CC2)c(F)c1.CCn1nccc1C(N)=O. The number of anilines is 1. The molecule has 2 saturated carbocycles. The van der Waals surface area contributed by atoms with Gasteiger partial charge in [0.15, 0.2) is 0 Å². The molecule has 3 fully saturated rings. The normalized spacial score (nSPS) is 19.8. The number of benzene rings is 1. The van der Waals surface area contributed by atoms with Crippen molar-refractivity contribution >= 4 is 29.3 Å². The molecule has 4 atom stereocenters. The first-order valence-corrected chi connectivity index (χ1v) is 17.8. The fourth-order valence-corrected chi connectivity index (χ4v) is 6.67. The molecule has 2 aliphatic carbocycles. The number of aryl methyl sites for hydroxylation is 1. The van der Waals surface area contributed by atoms with E-state index in [9.17, 15) is 32.3 Å². The summed E-state index contributed by atoms with van der Waals surface area (Å²) in [4.78, 5) is 53.4. The van der Waals surface area contributed by atoms with Crippen LogP contribution in [0.25, 0.3) is 0 Å². The molecule has 282 valence electrons. The predicted octanol–water partition coefficient (Wildman–Crippen LogP) is 4.93. The summed E-state index contributed by atoms with van der Waals surface area (Å²) in [5.41, 5.74) is 5.92. The van der Waals surface area contributed by atoms with E-state index in [1.54, 1.807) is 34.8 Å². The smallest absolute Gasteiger partial charge is 0.364 e. The van der Waals surface area contributed by atoms with Crippen LogP contribution in [-0.2, 0) is 20.9 Å². The minimum atomic E-state index is -4.53. The van der Waals surface area contributed by atoms with Gasteiger partial charge in [0.05, 0.1) is 12.1 Å². The second-order valence-electron chi connectivity index (χ2n) is 14.3. The number of alkyl halides is 3. The Labute approximate surface area is 296 Å². The third-order valence-corrected chi connectivity index (χ3v) is 10.3. The van der Waals surface area contributed by atoms with Gasteiger partial charge < -0.3 is 26.2 Å². The van der Waals surface area contributed by atoms with Gasteiger partial charge in [0.25, 0.3) is 5.91 Å². The number of rotatable bonds is 13. The highest BCUT2D eigenvalue weighted by Crippen LogP contribution is 2.50. The zero-order valence-corrected chi connectivity index (χ0v) is 30.0. The van der Waals surface area contributed by atoms with E-state index in [0.29, 0.717) is 61.6 Å². The van der Waals surface area contributed by atoms with E-state index < -0.39 is 54.0 Å². The third kappa shape index (κ3) is 11.2. The molecule has 4 unspecified atom stereocenters. The van der Waals surface area contributed by atoms with Crippen molar-refractivity contribution in [2.75, 3.05) is 32.0 Å². The molecule has 15 heteroatoms. The van der Waals surface area contributed by atoms with Crippen molar-refractivity contribution in [3.63, 3.8) is 0 Å². The first kappa shape index (κ1) is 39.8. The molecule has 5 rings (SSSR count). The number of nitrogens with one attached hydrogen (secondary N) is 2. The largest absolute Gasteiger partial charge is 0.389 e. The Morgan fingerprint density at radius 3 is 2.20 bits per heavy atom. The van der Waals surface area contributed by atoms with Crippen molar-refractivity contribution in [1.82, 2.24) is 24.9 Å². The zero-order valence-electron chi connectivity index (χ0n) is 30.0. The molecule has 0 spiro atoms. The highest BCUT2D eigenvalue weighted by atomic mass is 19.4. The van der Waals surface area contributed by atoms with Crippen LogP contribution < -0.4 is 16.4 Å². The molecule has 11 nitrogen and oxygen atoms in total. The minimum absolute atomic E-state index is 0.0369. The summed E-state index contributed by atoms with van der Waals surface area (Å²) in [6.45, 7) is 8.75. The average molecular weight is 722 g/mol. The number of primary amides is 1. The van der Waals surface area contributed by atoms with Gasteiger partial charge in [-0.3, -0.25) is 23.9 Å². The summed E-state index contributed by atoms with van der Waals surface area (Å²) in [5.74, 6) is -3.24. The third-order valence-electron chi connectivity index (χ3n) is 10.3. The van der Waals surface area contributed by atoms with Crippen LogP contribution in [0.2, 0.25) is 0 Å². The summed E-state index contributed by atoms with van der Waals surface area (Å²) in [7, 11) is 1.94. The molecule has 51 heavy (non-hydrogen) atoms. The quantitative estimate of drug-likeness (QED) is 0.251. The van der Waals surface area contributed by atoms with Gasteiger partial charge >= 0.3 is 6.18 Å². The number of carbonyl (C=O) groups excluding carboxylic acids is 4. The van der Waals surface area contributed by atoms with Crippen molar-refractivity contribution < 1.29 is 36.7 Å². The van der Waals surface area contributed by atoms with E-state index in [4.69, 9.17) is 5.73 Å². The average Bonchev–Trinajstić information content (AvgIpc) is 4.01. The molecule has 1 aromatic carbocycles. The standard InChI is InChI=1S/C30H42F4N4O3.C6H9N3O/c1-17(15-30(32,33)34)28(40)36-27(29(41)38-12-11-37(4)18(2)16-38)19(3)22-9-10-25(24(31)13-22)35-26(39)14-23(20-5-6-20)21-7-8-21;1-2-9-5(6(7)10)3-4-8-9/h9-10,13,17-21,23,27H,5-8,11-12,14-16H2,1-4H3,(H,35,39)(H,36,40);3-4H,2H2,1H3,(H2,7,10). The van der Waals surface area contributed by atoms with Crippen molar-refractivity contribution in [2.24, 2.45) is 29.4 Å². The Kier molecular flexibility index (Phi) is 13.3. The van der Waals surface area contributed by atoms with Crippen LogP contribution in [-0.4, -0.2) is 88.2 Å². The number of aromatic nitrogens is 2. The lowest BCUT2D eigenvalue weighted by atomic mass is 9.90. The second-order valence-corrected chi connectivity index (χ2v) is 14.3. The van der Waals surface area contributed by atoms with E-state index >= 15 is 4.39 Å². The van der Waals surface area contributed by atoms with Crippen LogP contribution in [0.1, 0.15) is 88.2 Å². The molecule has 4 amide bonds. The molecule has 1 aromatic heterocycles. The maximum absolute atomic E-state index is 15.2. The second kappa shape index (κ2) is 17.0. The molecule has 1 saturated heterocycles. The van der Waals surface area contributed by atoms with Gasteiger partial charge in [0.1, 0.15) is 17.6 Å². The molecule has 2 aromatic rings. The highest BCUT2D eigenvalue weighted by Gasteiger charge is 2.42. The van der Waals surface area contributed by atoms with Gasteiger partial charge in [-0.15, -0.1) is 0 Å². The van der Waals surface area contributed by atoms with Crippen LogP contribution >= 0.6 is 0 Å². The first-order chi connectivity index (χ1) is 24.0. The summed E-state index contributed by atoms with van der Waals surface area (Å²) < 4.78 is 55.6. The van der Waals surface area contributed by atoms with Crippen LogP contribution in [0, 0.1) is 29.5 Å². The minimum Gasteiger partial charge on any atom is -0.364 e. The Morgan fingerprint density at radius 2 is 1.69 bits per heavy atom. The van der Waals surface area contributed by atoms with Gasteiger partial charge in [-0.1, -0.05) is 19.9 Å². The monoisotopic (exact) mass is 721 g/mol. The number of piperazine rings is 1. The van der Waals surface area contributed by atoms with Crippen LogP contribution in [0.15, 0.2) is 30.5 Å². The predicted molar refractivity (Wildman–Crippen MR) is 184 cm³/mol. The highest BCUT2D eigenvalue weighted by molar-refractivity contribution is 5.92. The van der Waals surface area contributed by atoms with Gasteiger partial charge in [0, 0.05) is 56.7 Å². The lowest BCUT2D eigenvalue weighted by molar-refractivity contribution is -0.154. The van der Waals surface area contributed by atoms with E-state index in [2.05, 4.69) is 20.6 Å². The Morgan fingerprint density at radius 1 is 1.04 bits per heavy atom. The molecule has 0 bridgehead atoms. The topological polar surface area (TPSA) is 143 Å². The number of carbonyl (C=O) groups is 4. The van der Waals surface area contributed by atoms with Gasteiger partial charge in [0.2, 0.25) is 17.7 Å². The van der Waals surface area contributed by atoms with Crippen LogP contribution in [0.4, 0.5) is 23.2 Å². The number of halogens is 4. The van der Waals surface area contributed by atoms with Crippen LogP contribution in [0.5, 0.6) is 0 Å². The number of hydrogen-bond donors (Lipinski definition) is 3.